The lowest BCUT2D eigenvalue weighted by Gasteiger charge is -1.94. The van der Waals surface area contributed by atoms with E-state index in [1.54, 1.807) is 6.07 Å². The van der Waals surface area contributed by atoms with Gasteiger partial charge < -0.3 is 5.73 Å². The molecule has 11 heavy (non-hydrogen) atoms. The van der Waals surface area contributed by atoms with Gasteiger partial charge >= 0.3 is 0 Å². The minimum absolute atomic E-state index is 0.250. The fourth-order valence-electron chi connectivity index (χ4n) is 0.572. The topological polar surface area (TPSA) is 56.0 Å². The third-order valence-electron chi connectivity index (χ3n) is 1.08. The van der Waals surface area contributed by atoms with Gasteiger partial charge in [0.25, 0.3) is 5.91 Å². The highest BCUT2D eigenvalue weighted by Gasteiger charge is 2.00. The van der Waals surface area contributed by atoms with E-state index in [4.69, 9.17) is 16.4 Å². The van der Waals surface area contributed by atoms with Crippen molar-refractivity contribution in [3.05, 3.63) is 24.0 Å². The molecule has 0 saturated heterocycles. The van der Waals surface area contributed by atoms with Crippen LogP contribution in [0, 0.1) is 0 Å². The van der Waals surface area contributed by atoms with Crippen LogP contribution in [0.15, 0.2) is 23.2 Å². The molecule has 0 saturated carbocycles. The van der Waals surface area contributed by atoms with Crippen LogP contribution in [-0.2, 0) is 0 Å². The van der Waals surface area contributed by atoms with Crippen LogP contribution in [0.1, 0.15) is 10.5 Å². The van der Waals surface area contributed by atoms with Gasteiger partial charge in [-0.05, 0) is 33.8 Å². The zero-order valence-corrected chi connectivity index (χ0v) is 7.02. The largest absolute Gasteiger partial charge is 0.364 e. The summed E-state index contributed by atoms with van der Waals surface area (Å²) in [4.78, 5) is 15.1. The lowest BCUT2D eigenvalue weighted by molar-refractivity contribution is 0.0995. The maximum atomic E-state index is 10.5. The second-order valence-electron chi connectivity index (χ2n) is 1.82. The summed E-state index contributed by atoms with van der Waals surface area (Å²) in [5.74, 6) is -0.531. The van der Waals surface area contributed by atoms with Crippen LogP contribution in [0.3, 0.4) is 0 Å². The van der Waals surface area contributed by atoms with Crippen LogP contribution < -0.4 is 5.73 Å². The van der Waals surface area contributed by atoms with Crippen molar-refractivity contribution in [2.24, 2.45) is 5.73 Å². The van der Waals surface area contributed by atoms with E-state index < -0.39 is 5.91 Å². The van der Waals surface area contributed by atoms with Gasteiger partial charge in [-0.2, -0.15) is 0 Å². The van der Waals surface area contributed by atoms with Gasteiger partial charge in [0.15, 0.2) is 0 Å². The van der Waals surface area contributed by atoms with E-state index >= 15 is 0 Å². The summed E-state index contributed by atoms with van der Waals surface area (Å²) in [5, 5.41) is 0. The molecule has 0 aromatic carbocycles. The van der Waals surface area contributed by atoms with Crippen molar-refractivity contribution in [1.29, 1.82) is 0 Å². The number of hydrogen-bond acceptors (Lipinski definition) is 3. The highest BCUT2D eigenvalue weighted by atomic mass is 35.7. The third kappa shape index (κ3) is 2.10. The summed E-state index contributed by atoms with van der Waals surface area (Å²) in [6.07, 6.45) is 1.50. The number of nitrogens with zero attached hydrogens (tertiary/aromatic N) is 1. The molecule has 1 aromatic rings. The second-order valence-corrected chi connectivity index (χ2v) is 2.91. The van der Waals surface area contributed by atoms with Crippen molar-refractivity contribution < 1.29 is 4.79 Å². The van der Waals surface area contributed by atoms with Gasteiger partial charge in [-0.15, -0.1) is 0 Å². The van der Waals surface area contributed by atoms with E-state index in [2.05, 4.69) is 4.98 Å². The first kappa shape index (κ1) is 8.36. The number of hydrogen-bond donors (Lipinski definition) is 1. The third-order valence-corrected chi connectivity index (χ3v) is 2.03. The molecule has 2 N–H and O–H groups in total. The Bertz CT molecular complexity index is 262. The molecular weight excluding hydrogens is 184 g/mol. The Hall–Kier alpha value is -0.740. The molecule has 0 aliphatic heterocycles. The summed E-state index contributed by atoms with van der Waals surface area (Å²) < 4.78 is 0. The number of pyridine rings is 1. The highest BCUT2D eigenvalue weighted by molar-refractivity contribution is 8.21. The number of primary amides is 1. The molecule has 0 spiro atoms. The Morgan fingerprint density at radius 3 is 2.73 bits per heavy atom. The van der Waals surface area contributed by atoms with Gasteiger partial charge in [-0.3, -0.25) is 4.79 Å². The minimum atomic E-state index is -0.531. The second kappa shape index (κ2) is 3.59. The van der Waals surface area contributed by atoms with Crippen LogP contribution in [0.25, 0.3) is 0 Å². The Morgan fingerprint density at radius 1 is 1.64 bits per heavy atom. The number of carbonyl (C=O) groups excluding carboxylic acids is 1. The molecule has 1 aromatic heterocycles. The quantitative estimate of drug-likeness (QED) is 0.764. The molecule has 58 valence electrons. The lowest BCUT2D eigenvalue weighted by Crippen LogP contribution is -2.12. The maximum absolute atomic E-state index is 10.5. The first-order valence-electron chi connectivity index (χ1n) is 2.78. The van der Waals surface area contributed by atoms with E-state index in [0.29, 0.717) is 0 Å². The number of rotatable bonds is 2. The molecule has 1 heterocycles. The molecule has 0 radical (unpaired) electrons. The zero-order chi connectivity index (χ0) is 8.27. The first-order chi connectivity index (χ1) is 5.24. The average Bonchev–Trinajstić information content (AvgIpc) is 2.05. The molecule has 5 heteroatoms. The van der Waals surface area contributed by atoms with Gasteiger partial charge in [-0.25, -0.2) is 4.98 Å². The van der Waals surface area contributed by atoms with Gasteiger partial charge in [-0.1, -0.05) is 0 Å². The standard InChI is InChI=1S/C6H5ClN2OS/c7-11-4-1-2-5(6(8)10)9-3-4/h1-3H,(H2,8,10). The van der Waals surface area contributed by atoms with Crippen molar-refractivity contribution >= 4 is 27.6 Å². The summed E-state index contributed by atoms with van der Waals surface area (Å²) in [6.45, 7) is 0. The van der Waals surface area contributed by atoms with E-state index in [0.717, 1.165) is 15.9 Å². The Morgan fingerprint density at radius 2 is 2.36 bits per heavy atom. The van der Waals surface area contributed by atoms with E-state index in [-0.39, 0.29) is 5.69 Å². The first-order valence-corrected chi connectivity index (χ1v) is 4.43. The van der Waals surface area contributed by atoms with Crippen LogP contribution >= 0.6 is 21.7 Å². The summed E-state index contributed by atoms with van der Waals surface area (Å²) in [5.41, 5.74) is 5.21. The summed E-state index contributed by atoms with van der Waals surface area (Å²) >= 11 is 0. The van der Waals surface area contributed by atoms with Gasteiger partial charge in [0.05, 0.1) is 0 Å². The van der Waals surface area contributed by atoms with Crippen LogP contribution in [-0.4, -0.2) is 10.9 Å². The van der Waals surface area contributed by atoms with Gasteiger partial charge in [0, 0.05) is 11.1 Å². The van der Waals surface area contributed by atoms with Crippen LogP contribution in [0.5, 0.6) is 0 Å². The average molecular weight is 189 g/mol. The zero-order valence-electron chi connectivity index (χ0n) is 5.45. The summed E-state index contributed by atoms with van der Waals surface area (Å²) in [6, 6.07) is 3.22. The molecule has 1 rings (SSSR count). The molecule has 1 amide bonds. The molecule has 0 unspecified atom stereocenters. The smallest absolute Gasteiger partial charge is 0.267 e. The number of nitrogens with two attached hydrogens (primary N) is 1. The molecule has 0 atom stereocenters. The normalized spacial score (nSPS) is 9.55. The summed E-state index contributed by atoms with van der Waals surface area (Å²) in [7, 11) is 6.47. The van der Waals surface area contributed by atoms with Gasteiger partial charge in [0.1, 0.15) is 5.69 Å². The van der Waals surface area contributed by atoms with Gasteiger partial charge in [0.2, 0.25) is 0 Å². The SMILES string of the molecule is NC(=O)c1ccc(SCl)cn1. The van der Waals surface area contributed by atoms with E-state index in [1.165, 1.54) is 12.3 Å². The monoisotopic (exact) mass is 188 g/mol. The Kier molecular flexibility index (Phi) is 2.73. The van der Waals surface area contributed by atoms with Crippen molar-refractivity contribution in [1.82, 2.24) is 4.98 Å². The molecule has 0 aliphatic carbocycles. The van der Waals surface area contributed by atoms with Crippen LogP contribution in [0.2, 0.25) is 0 Å². The fraction of sp³-hybridized carbons (Fsp3) is 0. The highest BCUT2D eigenvalue weighted by Crippen LogP contribution is 2.20. The molecule has 0 bridgehead atoms. The van der Waals surface area contributed by atoms with E-state index in [1.807, 2.05) is 0 Å². The van der Waals surface area contributed by atoms with Crippen molar-refractivity contribution in [2.45, 2.75) is 4.90 Å². The predicted octanol–water partition coefficient (Wildman–Crippen LogP) is 1.43. The number of aromatic nitrogens is 1. The van der Waals surface area contributed by atoms with E-state index in [9.17, 15) is 4.79 Å². The number of halogens is 1. The molecular formula is C6H5ClN2OS. The predicted molar refractivity (Wildman–Crippen MR) is 44.5 cm³/mol. The van der Waals surface area contributed by atoms with Crippen molar-refractivity contribution in [3.8, 4) is 0 Å². The Balaban J connectivity index is 2.91. The molecule has 3 nitrogen and oxygen atoms in total. The number of carbonyl (C=O) groups is 1. The minimum Gasteiger partial charge on any atom is -0.364 e. The van der Waals surface area contributed by atoms with Crippen molar-refractivity contribution in [3.63, 3.8) is 0 Å². The lowest BCUT2D eigenvalue weighted by atomic mass is 10.3. The number of amides is 1. The fourth-order valence-corrected chi connectivity index (χ4v) is 1.06. The van der Waals surface area contributed by atoms with Crippen molar-refractivity contribution in [2.75, 3.05) is 0 Å². The molecule has 0 aliphatic rings. The molecule has 0 fully saturated rings. The maximum Gasteiger partial charge on any atom is 0.267 e. The van der Waals surface area contributed by atoms with Crippen LogP contribution in [0.4, 0.5) is 0 Å². The Labute approximate surface area is 72.4 Å².